The lowest BCUT2D eigenvalue weighted by molar-refractivity contribution is 0.113. The summed E-state index contributed by atoms with van der Waals surface area (Å²) >= 11 is 0. The molecule has 22 heavy (non-hydrogen) atoms. The molecule has 0 saturated carbocycles. The smallest absolute Gasteiger partial charge is 0.191 e. The number of hydrogen-bond donors (Lipinski definition) is 2. The van der Waals surface area contributed by atoms with Crippen LogP contribution >= 0.6 is 24.0 Å². The van der Waals surface area contributed by atoms with E-state index in [4.69, 9.17) is 4.74 Å². The summed E-state index contributed by atoms with van der Waals surface area (Å²) in [6.07, 6.45) is 2.68. The maximum atomic E-state index is 5.62. The molecule has 0 aromatic heterocycles. The summed E-state index contributed by atoms with van der Waals surface area (Å²) in [4.78, 5) is 9.22. The maximum absolute atomic E-state index is 5.62. The summed E-state index contributed by atoms with van der Waals surface area (Å²) in [6, 6.07) is 0.528. The van der Waals surface area contributed by atoms with Crippen molar-refractivity contribution in [3.05, 3.63) is 0 Å². The Kier molecular flexibility index (Phi) is 9.62. The van der Waals surface area contributed by atoms with E-state index in [0.717, 1.165) is 58.3 Å². The van der Waals surface area contributed by atoms with Gasteiger partial charge in [0.2, 0.25) is 0 Å². The molecule has 130 valence electrons. The van der Waals surface area contributed by atoms with Crippen LogP contribution in [0.1, 0.15) is 19.8 Å². The molecular formula is C15H32IN5O. The number of nitrogens with one attached hydrogen (secondary N) is 2. The molecule has 2 N–H and O–H groups in total. The number of likely N-dealkylation sites (N-methyl/N-ethyl adjacent to an activating group) is 1. The predicted molar refractivity (Wildman–Crippen MR) is 102 cm³/mol. The van der Waals surface area contributed by atoms with E-state index in [1.54, 1.807) is 0 Å². The highest BCUT2D eigenvalue weighted by atomic mass is 127. The molecule has 0 radical (unpaired) electrons. The van der Waals surface area contributed by atoms with Crippen LogP contribution < -0.4 is 10.6 Å². The van der Waals surface area contributed by atoms with Crippen LogP contribution in [0.25, 0.3) is 0 Å². The molecule has 2 saturated heterocycles. The summed E-state index contributed by atoms with van der Waals surface area (Å²) < 4.78 is 5.62. The van der Waals surface area contributed by atoms with Crippen LogP contribution in [0.2, 0.25) is 0 Å². The Labute approximate surface area is 152 Å². The van der Waals surface area contributed by atoms with Crippen LogP contribution in [0.3, 0.4) is 0 Å². The summed E-state index contributed by atoms with van der Waals surface area (Å²) in [7, 11) is 4.02. The fourth-order valence-corrected chi connectivity index (χ4v) is 2.87. The summed E-state index contributed by atoms with van der Waals surface area (Å²) in [6.45, 7) is 9.59. The van der Waals surface area contributed by atoms with Crippen LogP contribution in [0.15, 0.2) is 4.99 Å². The maximum Gasteiger partial charge on any atom is 0.191 e. The van der Waals surface area contributed by atoms with E-state index < -0.39 is 0 Å². The van der Waals surface area contributed by atoms with E-state index in [-0.39, 0.29) is 24.0 Å². The van der Waals surface area contributed by atoms with Crippen molar-refractivity contribution >= 4 is 29.9 Å². The molecule has 2 heterocycles. The third kappa shape index (κ3) is 6.55. The molecule has 6 nitrogen and oxygen atoms in total. The first-order chi connectivity index (χ1) is 10.2. The van der Waals surface area contributed by atoms with Gasteiger partial charge in [0.05, 0.1) is 6.10 Å². The van der Waals surface area contributed by atoms with Crippen LogP contribution in [0, 0.1) is 0 Å². The van der Waals surface area contributed by atoms with E-state index in [2.05, 4.69) is 39.4 Å². The summed E-state index contributed by atoms with van der Waals surface area (Å²) in [5.41, 5.74) is 0. The molecule has 2 fully saturated rings. The van der Waals surface area contributed by atoms with Crippen molar-refractivity contribution in [2.75, 3.05) is 60.0 Å². The number of hydrogen-bond acceptors (Lipinski definition) is 4. The van der Waals surface area contributed by atoms with Gasteiger partial charge in [0.15, 0.2) is 5.96 Å². The first kappa shape index (κ1) is 19.9. The Balaban J connectivity index is 0.00000242. The SMILES string of the molecule is CN=C(NCC1CCCO1)NCC(C)N1CCN(C)CC1.I. The van der Waals surface area contributed by atoms with Gasteiger partial charge in [-0.2, -0.15) is 0 Å². The Hall–Kier alpha value is -0.120. The van der Waals surface area contributed by atoms with Gasteiger partial charge in [-0.25, -0.2) is 0 Å². The van der Waals surface area contributed by atoms with Crippen LogP contribution in [-0.2, 0) is 4.74 Å². The normalized spacial score (nSPS) is 25.6. The van der Waals surface area contributed by atoms with Gasteiger partial charge in [0.25, 0.3) is 0 Å². The molecule has 2 aliphatic heterocycles. The van der Waals surface area contributed by atoms with Gasteiger partial charge < -0.3 is 20.3 Å². The molecule has 0 aliphatic carbocycles. The van der Waals surface area contributed by atoms with E-state index in [1.165, 1.54) is 6.42 Å². The zero-order valence-corrected chi connectivity index (χ0v) is 16.5. The Morgan fingerprint density at radius 1 is 1.27 bits per heavy atom. The number of piperazine rings is 1. The van der Waals surface area contributed by atoms with Gasteiger partial charge in [-0.1, -0.05) is 0 Å². The van der Waals surface area contributed by atoms with E-state index in [9.17, 15) is 0 Å². The van der Waals surface area contributed by atoms with Gasteiger partial charge >= 0.3 is 0 Å². The predicted octanol–water partition coefficient (Wildman–Crippen LogP) is 0.584. The summed E-state index contributed by atoms with van der Waals surface area (Å²) in [5, 5.41) is 6.79. The Bertz CT molecular complexity index is 328. The third-order valence-corrected chi connectivity index (χ3v) is 4.47. The van der Waals surface area contributed by atoms with Crippen LogP contribution in [-0.4, -0.2) is 87.9 Å². The molecule has 0 spiro atoms. The molecule has 2 rings (SSSR count). The van der Waals surface area contributed by atoms with Gasteiger partial charge in [0.1, 0.15) is 0 Å². The van der Waals surface area contributed by atoms with Crippen LogP contribution in [0.5, 0.6) is 0 Å². The number of guanidine groups is 1. The lowest BCUT2D eigenvalue weighted by Gasteiger charge is -2.36. The second-order valence-corrected chi connectivity index (χ2v) is 6.16. The Morgan fingerprint density at radius 3 is 2.59 bits per heavy atom. The molecule has 2 atom stereocenters. The molecule has 0 amide bonds. The van der Waals surface area contributed by atoms with Crippen molar-refractivity contribution in [2.45, 2.75) is 31.9 Å². The molecule has 0 aromatic carbocycles. The van der Waals surface area contributed by atoms with Crippen molar-refractivity contribution < 1.29 is 4.74 Å². The van der Waals surface area contributed by atoms with Crippen molar-refractivity contribution in [3.8, 4) is 0 Å². The average molecular weight is 425 g/mol. The second-order valence-electron chi connectivity index (χ2n) is 6.16. The monoisotopic (exact) mass is 425 g/mol. The summed E-state index contributed by atoms with van der Waals surface area (Å²) in [5.74, 6) is 0.881. The molecule has 0 bridgehead atoms. The lowest BCUT2D eigenvalue weighted by Crippen LogP contribution is -2.52. The van der Waals surface area contributed by atoms with Crippen molar-refractivity contribution in [1.29, 1.82) is 0 Å². The van der Waals surface area contributed by atoms with Gasteiger partial charge in [0, 0.05) is 59.0 Å². The van der Waals surface area contributed by atoms with E-state index in [0.29, 0.717) is 12.1 Å². The van der Waals surface area contributed by atoms with E-state index in [1.807, 2.05) is 7.05 Å². The largest absolute Gasteiger partial charge is 0.376 e. The number of halogens is 1. The average Bonchev–Trinajstić information content (AvgIpc) is 3.01. The second kappa shape index (κ2) is 10.6. The Morgan fingerprint density at radius 2 is 2.00 bits per heavy atom. The van der Waals surface area contributed by atoms with Gasteiger partial charge in [-0.05, 0) is 26.8 Å². The number of ether oxygens (including phenoxy) is 1. The van der Waals surface area contributed by atoms with Gasteiger partial charge in [-0.15, -0.1) is 24.0 Å². The fraction of sp³-hybridized carbons (Fsp3) is 0.933. The van der Waals surface area contributed by atoms with Crippen molar-refractivity contribution in [1.82, 2.24) is 20.4 Å². The number of rotatable bonds is 5. The zero-order valence-electron chi connectivity index (χ0n) is 14.2. The number of aliphatic imine (C=N–C) groups is 1. The third-order valence-electron chi connectivity index (χ3n) is 4.47. The molecule has 7 heteroatoms. The minimum atomic E-state index is 0. The zero-order chi connectivity index (χ0) is 15.1. The van der Waals surface area contributed by atoms with Gasteiger partial charge in [-0.3, -0.25) is 9.89 Å². The highest BCUT2D eigenvalue weighted by Crippen LogP contribution is 2.10. The van der Waals surface area contributed by atoms with Crippen molar-refractivity contribution in [2.24, 2.45) is 4.99 Å². The fourth-order valence-electron chi connectivity index (χ4n) is 2.87. The molecule has 0 aromatic rings. The minimum Gasteiger partial charge on any atom is -0.376 e. The first-order valence-corrected chi connectivity index (χ1v) is 8.17. The highest BCUT2D eigenvalue weighted by Gasteiger charge is 2.19. The van der Waals surface area contributed by atoms with E-state index >= 15 is 0 Å². The van der Waals surface area contributed by atoms with Crippen LogP contribution in [0.4, 0.5) is 0 Å². The lowest BCUT2D eigenvalue weighted by atomic mass is 10.2. The highest BCUT2D eigenvalue weighted by molar-refractivity contribution is 14.0. The standard InChI is InChI=1S/C15H31N5O.HI/c1-13(20-8-6-19(3)7-9-20)11-17-15(16-2)18-12-14-5-4-10-21-14;/h13-14H,4-12H2,1-3H3,(H2,16,17,18);1H. The molecular weight excluding hydrogens is 393 g/mol. The number of nitrogens with zero attached hydrogens (tertiary/aromatic N) is 3. The first-order valence-electron chi connectivity index (χ1n) is 8.17. The quantitative estimate of drug-likeness (QED) is 0.384. The molecule has 2 unspecified atom stereocenters. The van der Waals surface area contributed by atoms with Crippen molar-refractivity contribution in [3.63, 3.8) is 0 Å². The molecule has 2 aliphatic rings. The minimum absolute atomic E-state index is 0. The topological polar surface area (TPSA) is 52.1 Å².